The van der Waals surface area contributed by atoms with Gasteiger partial charge in [0.25, 0.3) is 0 Å². The van der Waals surface area contributed by atoms with E-state index in [-0.39, 0.29) is 12.1 Å². The summed E-state index contributed by atoms with van der Waals surface area (Å²) in [5.74, 6) is 0.415. The maximum Gasteiger partial charge on any atom is 0.309 e. The smallest absolute Gasteiger partial charge is 0.309 e. The third kappa shape index (κ3) is 7.05. The van der Waals surface area contributed by atoms with Gasteiger partial charge in [-0.25, -0.2) is 0 Å². The maximum atomic E-state index is 12.8. The highest BCUT2D eigenvalue weighted by molar-refractivity contribution is 7.10. The van der Waals surface area contributed by atoms with Crippen LogP contribution in [-0.2, 0) is 16.0 Å². The predicted octanol–water partition coefficient (Wildman–Crippen LogP) is 3.49. The Balaban J connectivity index is 1.31. The van der Waals surface area contributed by atoms with Crippen molar-refractivity contribution in [3.63, 3.8) is 0 Å². The number of rotatable bonds is 10. The van der Waals surface area contributed by atoms with Gasteiger partial charge in [-0.3, -0.25) is 14.5 Å². The number of anilines is 1. The molecule has 0 aliphatic carbocycles. The molecule has 1 saturated heterocycles. The van der Waals surface area contributed by atoms with E-state index >= 15 is 0 Å². The zero-order valence-electron chi connectivity index (χ0n) is 22.2. The molecule has 2 aromatic carbocycles. The number of ether oxygens (including phenoxy) is 2. The summed E-state index contributed by atoms with van der Waals surface area (Å²) in [6.07, 6.45) is 0.634. The summed E-state index contributed by atoms with van der Waals surface area (Å²) < 4.78 is 10.4. The Morgan fingerprint density at radius 3 is 2.11 bits per heavy atom. The van der Waals surface area contributed by atoms with E-state index in [0.717, 1.165) is 43.2 Å². The number of thiophene rings is 1. The number of nitrogens with zero attached hydrogens (tertiary/aromatic N) is 2. The molecular formula is C29H36N4O4S. The van der Waals surface area contributed by atoms with Gasteiger partial charge in [0.2, 0.25) is 0 Å². The van der Waals surface area contributed by atoms with Gasteiger partial charge in [0, 0.05) is 49.3 Å². The molecule has 0 unspecified atom stereocenters. The summed E-state index contributed by atoms with van der Waals surface area (Å²) in [5.41, 5.74) is 2.23. The fourth-order valence-electron chi connectivity index (χ4n) is 4.80. The van der Waals surface area contributed by atoms with Crippen LogP contribution in [0.1, 0.15) is 23.4 Å². The van der Waals surface area contributed by atoms with Gasteiger partial charge in [-0.1, -0.05) is 18.2 Å². The molecule has 1 fully saturated rings. The van der Waals surface area contributed by atoms with Crippen molar-refractivity contribution in [1.82, 2.24) is 15.5 Å². The van der Waals surface area contributed by atoms with Gasteiger partial charge in [-0.05, 0) is 66.8 Å². The van der Waals surface area contributed by atoms with Crippen LogP contribution in [-0.4, -0.2) is 69.7 Å². The fraction of sp³-hybridized carbons (Fsp3) is 0.379. The Kier molecular flexibility index (Phi) is 9.62. The van der Waals surface area contributed by atoms with Crippen LogP contribution < -0.4 is 25.0 Å². The second-order valence-electron chi connectivity index (χ2n) is 9.30. The summed E-state index contributed by atoms with van der Waals surface area (Å²) in [7, 11) is 3.30. The van der Waals surface area contributed by atoms with Crippen LogP contribution in [0.4, 0.5) is 5.69 Å². The minimum atomic E-state index is -0.611. The zero-order chi connectivity index (χ0) is 26.9. The lowest BCUT2D eigenvalue weighted by atomic mass is 10.0. The standard InChI is InChI=1S/C29H36N4O4S/c1-21(31-29(35)28(34)30-15-14-22-6-10-24(36-2)11-7-22)27(26-5-4-20-38-26)33-18-16-32(17-19-33)23-8-12-25(37-3)13-9-23/h4-13,20-21,27H,14-19H2,1-3H3,(H,30,34)(H,31,35)/t21-,27+/m1/s1. The first-order chi connectivity index (χ1) is 18.5. The Bertz CT molecular complexity index is 1160. The average Bonchev–Trinajstić information content (AvgIpc) is 3.48. The summed E-state index contributed by atoms with van der Waals surface area (Å²) >= 11 is 1.67. The third-order valence-corrected chi connectivity index (χ3v) is 7.82. The Hall–Kier alpha value is -3.56. The van der Waals surface area contributed by atoms with Crippen molar-refractivity contribution in [3.05, 3.63) is 76.5 Å². The SMILES string of the molecule is COc1ccc(CCNC(=O)C(=O)N[C@H](C)[C@@H](c2cccs2)N2CCN(c3ccc(OC)cc3)CC2)cc1. The number of nitrogens with one attached hydrogen (secondary N) is 2. The molecule has 38 heavy (non-hydrogen) atoms. The van der Waals surface area contributed by atoms with Crippen LogP contribution in [0, 0.1) is 0 Å². The van der Waals surface area contributed by atoms with E-state index in [4.69, 9.17) is 9.47 Å². The number of amides is 2. The molecule has 0 spiro atoms. The highest BCUT2D eigenvalue weighted by atomic mass is 32.1. The minimum Gasteiger partial charge on any atom is -0.497 e. The zero-order valence-corrected chi connectivity index (χ0v) is 23.0. The number of carbonyl (C=O) groups is 2. The summed E-state index contributed by atoms with van der Waals surface area (Å²) in [4.78, 5) is 31.2. The van der Waals surface area contributed by atoms with Gasteiger partial charge in [-0.15, -0.1) is 11.3 Å². The molecule has 1 aliphatic rings. The lowest BCUT2D eigenvalue weighted by Crippen LogP contribution is -2.53. The van der Waals surface area contributed by atoms with Gasteiger partial charge in [-0.2, -0.15) is 0 Å². The van der Waals surface area contributed by atoms with Crippen LogP contribution in [0.5, 0.6) is 11.5 Å². The molecular weight excluding hydrogens is 500 g/mol. The summed E-state index contributed by atoms with van der Waals surface area (Å²) in [6.45, 7) is 5.81. The highest BCUT2D eigenvalue weighted by Crippen LogP contribution is 2.30. The first kappa shape index (κ1) is 27.5. The summed E-state index contributed by atoms with van der Waals surface area (Å²) in [5, 5.41) is 7.75. The molecule has 2 N–H and O–H groups in total. The molecule has 2 atom stereocenters. The predicted molar refractivity (Wildman–Crippen MR) is 151 cm³/mol. The van der Waals surface area contributed by atoms with E-state index in [2.05, 4.69) is 44.0 Å². The van der Waals surface area contributed by atoms with E-state index in [1.54, 1.807) is 25.6 Å². The van der Waals surface area contributed by atoms with Gasteiger partial charge in [0.15, 0.2) is 0 Å². The molecule has 1 aromatic heterocycles. The molecule has 3 aromatic rings. The van der Waals surface area contributed by atoms with E-state index in [9.17, 15) is 9.59 Å². The van der Waals surface area contributed by atoms with E-state index < -0.39 is 11.8 Å². The van der Waals surface area contributed by atoms with Crippen LogP contribution in [0.25, 0.3) is 0 Å². The van der Waals surface area contributed by atoms with Crippen molar-refractivity contribution in [2.45, 2.75) is 25.4 Å². The number of piperazine rings is 1. The monoisotopic (exact) mass is 536 g/mol. The Morgan fingerprint density at radius 1 is 0.895 bits per heavy atom. The van der Waals surface area contributed by atoms with Crippen molar-refractivity contribution < 1.29 is 19.1 Å². The fourth-order valence-corrected chi connectivity index (χ4v) is 5.76. The van der Waals surface area contributed by atoms with Crippen LogP contribution in [0.2, 0.25) is 0 Å². The number of benzene rings is 2. The van der Waals surface area contributed by atoms with Crippen molar-refractivity contribution in [2.75, 3.05) is 51.8 Å². The van der Waals surface area contributed by atoms with Crippen LogP contribution in [0.15, 0.2) is 66.0 Å². The molecule has 2 heterocycles. The van der Waals surface area contributed by atoms with Gasteiger partial charge in [0.05, 0.1) is 20.3 Å². The second kappa shape index (κ2) is 13.3. The molecule has 1 aliphatic heterocycles. The molecule has 0 saturated carbocycles. The second-order valence-corrected chi connectivity index (χ2v) is 10.3. The minimum absolute atomic E-state index is 0.0101. The van der Waals surface area contributed by atoms with Gasteiger partial charge < -0.3 is 25.0 Å². The number of methoxy groups -OCH3 is 2. The topological polar surface area (TPSA) is 83.1 Å². The van der Waals surface area contributed by atoms with Crippen molar-refractivity contribution in [1.29, 1.82) is 0 Å². The lowest BCUT2D eigenvalue weighted by molar-refractivity contribution is -0.139. The number of hydrogen-bond acceptors (Lipinski definition) is 7. The molecule has 4 rings (SSSR count). The quantitative estimate of drug-likeness (QED) is 0.386. The van der Waals surface area contributed by atoms with Crippen LogP contribution in [0.3, 0.4) is 0 Å². The first-order valence-electron chi connectivity index (χ1n) is 12.9. The Labute approximate surface area is 228 Å². The summed E-state index contributed by atoms with van der Waals surface area (Å²) in [6, 6.07) is 19.7. The molecule has 8 nitrogen and oxygen atoms in total. The molecule has 0 bridgehead atoms. The van der Waals surface area contributed by atoms with Crippen LogP contribution >= 0.6 is 11.3 Å². The van der Waals surface area contributed by atoms with E-state index in [0.29, 0.717) is 13.0 Å². The third-order valence-electron chi connectivity index (χ3n) is 6.88. The lowest BCUT2D eigenvalue weighted by Gasteiger charge is -2.42. The van der Waals surface area contributed by atoms with E-state index in [1.165, 1.54) is 10.6 Å². The maximum absolute atomic E-state index is 12.8. The Morgan fingerprint density at radius 2 is 1.53 bits per heavy atom. The largest absolute Gasteiger partial charge is 0.497 e. The molecule has 2 amide bonds. The van der Waals surface area contributed by atoms with E-state index in [1.807, 2.05) is 49.4 Å². The number of hydrogen-bond donors (Lipinski definition) is 2. The molecule has 0 radical (unpaired) electrons. The number of carbonyl (C=O) groups excluding carboxylic acids is 2. The highest BCUT2D eigenvalue weighted by Gasteiger charge is 2.32. The molecule has 202 valence electrons. The average molecular weight is 537 g/mol. The molecule has 9 heteroatoms. The normalized spacial score (nSPS) is 15.4. The van der Waals surface area contributed by atoms with Gasteiger partial charge in [0.1, 0.15) is 11.5 Å². The first-order valence-corrected chi connectivity index (χ1v) is 13.7. The van der Waals surface area contributed by atoms with Crippen molar-refractivity contribution in [3.8, 4) is 11.5 Å². The van der Waals surface area contributed by atoms with Gasteiger partial charge >= 0.3 is 11.8 Å². The van der Waals surface area contributed by atoms with Crippen molar-refractivity contribution >= 4 is 28.8 Å². The van der Waals surface area contributed by atoms with Crippen molar-refractivity contribution in [2.24, 2.45) is 0 Å².